The van der Waals surface area contributed by atoms with Crippen molar-refractivity contribution in [3.63, 3.8) is 0 Å². The number of halogens is 1. The highest BCUT2D eigenvalue weighted by molar-refractivity contribution is 7.91. The van der Waals surface area contributed by atoms with E-state index in [-0.39, 0.29) is 28.6 Å². The van der Waals surface area contributed by atoms with Crippen LogP contribution in [-0.2, 0) is 28.2 Å². The number of carbonyl (C=O) groups is 1. The summed E-state index contributed by atoms with van der Waals surface area (Å²) >= 11 is 6.50. The summed E-state index contributed by atoms with van der Waals surface area (Å²) in [5.74, 6) is 0.430. The van der Waals surface area contributed by atoms with Crippen molar-refractivity contribution in [3.05, 3.63) is 75.5 Å². The average Bonchev–Trinajstić information content (AvgIpc) is 3.29. The van der Waals surface area contributed by atoms with E-state index < -0.39 is 32.2 Å². The van der Waals surface area contributed by atoms with Crippen LogP contribution in [-0.4, -0.2) is 58.3 Å². The summed E-state index contributed by atoms with van der Waals surface area (Å²) < 4.78 is 35.2. The minimum atomic E-state index is -4.11. The van der Waals surface area contributed by atoms with E-state index in [9.17, 15) is 18.0 Å². The van der Waals surface area contributed by atoms with E-state index in [0.29, 0.717) is 24.1 Å². The number of fused-ring (bicyclic) bond motifs is 1. The molecule has 2 aromatic heterocycles. The molecule has 4 aromatic rings. The lowest BCUT2D eigenvalue weighted by molar-refractivity contribution is 0.0499. The van der Waals surface area contributed by atoms with Crippen molar-refractivity contribution < 1.29 is 17.9 Å². The van der Waals surface area contributed by atoms with Gasteiger partial charge >= 0.3 is 6.09 Å². The molecular formula is C29H33ClN6O5S. The zero-order valence-corrected chi connectivity index (χ0v) is 25.4. The van der Waals surface area contributed by atoms with E-state index >= 15 is 0 Å². The van der Waals surface area contributed by atoms with Crippen LogP contribution >= 0.6 is 11.6 Å². The number of ether oxygens (including phenoxy) is 1. The maximum absolute atomic E-state index is 13.8. The van der Waals surface area contributed by atoms with Gasteiger partial charge < -0.3 is 15.0 Å². The smallest absolute Gasteiger partial charge is 0.407 e. The molecule has 1 amide bonds. The van der Waals surface area contributed by atoms with E-state index in [0.717, 1.165) is 23.0 Å². The second kappa shape index (κ2) is 11.4. The summed E-state index contributed by atoms with van der Waals surface area (Å²) in [7, 11) is -2.72. The average molecular weight is 613 g/mol. The lowest BCUT2D eigenvalue weighted by atomic mass is 10.1. The van der Waals surface area contributed by atoms with Gasteiger partial charge in [0, 0.05) is 31.2 Å². The number of benzene rings is 2. The van der Waals surface area contributed by atoms with Crippen molar-refractivity contribution >= 4 is 44.6 Å². The van der Waals surface area contributed by atoms with Crippen molar-refractivity contribution in [1.82, 2.24) is 24.4 Å². The Labute approximate surface area is 249 Å². The number of hydrogen-bond acceptors (Lipinski definition) is 8. The number of alkyl carbamates (subject to hydrolysis) is 1. The van der Waals surface area contributed by atoms with Crippen molar-refractivity contribution in [2.45, 2.75) is 61.9 Å². The number of piperidine rings is 1. The van der Waals surface area contributed by atoms with Crippen LogP contribution in [0.1, 0.15) is 39.2 Å². The number of nitrogens with zero attached hydrogens (tertiary/aromatic N) is 5. The Hall–Kier alpha value is -3.90. The van der Waals surface area contributed by atoms with E-state index in [1.165, 1.54) is 19.2 Å². The molecule has 1 saturated heterocycles. The second-order valence-electron chi connectivity index (χ2n) is 11.3. The summed E-state index contributed by atoms with van der Waals surface area (Å²) in [6.45, 7) is 6.62. The van der Waals surface area contributed by atoms with Gasteiger partial charge in [-0.2, -0.15) is 9.97 Å². The Morgan fingerprint density at radius 2 is 1.79 bits per heavy atom. The third-order valence-corrected chi connectivity index (χ3v) is 9.04. The van der Waals surface area contributed by atoms with Crippen LogP contribution in [0.2, 0.25) is 5.02 Å². The molecule has 1 aliphatic rings. The molecule has 1 aliphatic heterocycles. The maximum Gasteiger partial charge on any atom is 0.407 e. The van der Waals surface area contributed by atoms with Crippen LogP contribution in [0.15, 0.2) is 69.4 Å². The highest BCUT2D eigenvalue weighted by Crippen LogP contribution is 2.28. The molecule has 222 valence electrons. The molecule has 5 rings (SSSR count). The van der Waals surface area contributed by atoms with E-state index in [1.54, 1.807) is 49.6 Å². The van der Waals surface area contributed by atoms with Crippen molar-refractivity contribution in [2.24, 2.45) is 7.05 Å². The van der Waals surface area contributed by atoms with Gasteiger partial charge in [0.1, 0.15) is 5.60 Å². The molecular weight excluding hydrogens is 580 g/mol. The minimum absolute atomic E-state index is 0.0110. The fraction of sp³-hybridized carbons (Fsp3) is 0.379. The summed E-state index contributed by atoms with van der Waals surface area (Å²) in [4.78, 5) is 37.5. The summed E-state index contributed by atoms with van der Waals surface area (Å²) in [6.07, 6.45) is 0.972. The van der Waals surface area contributed by atoms with Gasteiger partial charge in [0.15, 0.2) is 11.2 Å². The number of nitrogens with one attached hydrogen (secondary N) is 1. The van der Waals surface area contributed by atoms with Gasteiger partial charge in [0.2, 0.25) is 20.9 Å². The Balaban J connectivity index is 1.61. The molecule has 0 bridgehead atoms. The van der Waals surface area contributed by atoms with Crippen molar-refractivity contribution in [2.75, 3.05) is 18.0 Å². The van der Waals surface area contributed by atoms with E-state index in [2.05, 4.69) is 10.3 Å². The fourth-order valence-corrected chi connectivity index (χ4v) is 6.59. The minimum Gasteiger partial charge on any atom is -0.444 e. The Bertz CT molecular complexity index is 1800. The van der Waals surface area contributed by atoms with Gasteiger partial charge in [0.25, 0.3) is 5.56 Å². The van der Waals surface area contributed by atoms with Gasteiger partial charge in [-0.05, 0) is 57.4 Å². The Morgan fingerprint density at radius 1 is 1.10 bits per heavy atom. The lowest BCUT2D eigenvalue weighted by Crippen LogP contribution is -2.49. The molecule has 0 aliphatic carbocycles. The Morgan fingerprint density at radius 3 is 2.48 bits per heavy atom. The van der Waals surface area contributed by atoms with E-state index in [1.807, 2.05) is 23.1 Å². The first-order valence-electron chi connectivity index (χ1n) is 13.6. The standard InChI is InChI=1S/C29H33ClN6O5S/c1-29(2,3)41-28(38)31-20-12-10-16-35(18-20)26-32-24-23(36(26)17-19-11-8-9-15-22(19)30)25(37)34(4)27(33-24)42(39,40)21-13-6-5-7-14-21/h5-9,11,13-15,20H,10,12,16-18H2,1-4H3,(H,31,38)/t20-/m1/s1. The summed E-state index contributed by atoms with van der Waals surface area (Å²) in [5.41, 5.74) is -0.271. The Kier molecular flexibility index (Phi) is 8.04. The predicted octanol–water partition coefficient (Wildman–Crippen LogP) is 4.16. The van der Waals surface area contributed by atoms with E-state index in [4.69, 9.17) is 21.3 Å². The normalized spacial score (nSPS) is 16.0. The third kappa shape index (κ3) is 6.00. The third-order valence-electron chi connectivity index (χ3n) is 6.93. The van der Waals surface area contributed by atoms with Gasteiger partial charge in [0.05, 0.1) is 11.4 Å². The number of carbonyl (C=O) groups excluding carboxylic acids is 1. The van der Waals surface area contributed by atoms with Crippen molar-refractivity contribution in [3.8, 4) is 0 Å². The van der Waals surface area contributed by atoms with Crippen molar-refractivity contribution in [1.29, 1.82) is 0 Å². The lowest BCUT2D eigenvalue weighted by Gasteiger charge is -2.34. The molecule has 1 N–H and O–H groups in total. The summed E-state index contributed by atoms with van der Waals surface area (Å²) in [5, 5.41) is 3.05. The number of amides is 1. The van der Waals surface area contributed by atoms with Gasteiger partial charge in [-0.15, -0.1) is 0 Å². The molecule has 0 saturated carbocycles. The largest absolute Gasteiger partial charge is 0.444 e. The molecule has 1 atom stereocenters. The van der Waals surface area contributed by atoms with Gasteiger partial charge in [-0.25, -0.2) is 13.2 Å². The molecule has 2 aromatic carbocycles. The monoisotopic (exact) mass is 612 g/mol. The first-order valence-corrected chi connectivity index (χ1v) is 15.5. The number of sulfone groups is 1. The second-order valence-corrected chi connectivity index (χ2v) is 13.5. The molecule has 42 heavy (non-hydrogen) atoms. The highest BCUT2D eigenvalue weighted by atomic mass is 35.5. The van der Waals surface area contributed by atoms with Crippen LogP contribution in [0.3, 0.4) is 0 Å². The SMILES string of the molecule is Cn1c(S(=O)(=O)c2ccccc2)nc2nc(N3CCC[C@@H](NC(=O)OC(C)(C)C)C3)n(Cc3ccccc3Cl)c2c1=O. The van der Waals surface area contributed by atoms with Crippen LogP contribution in [0, 0.1) is 0 Å². The first kappa shape index (κ1) is 29.6. The van der Waals surface area contributed by atoms with Gasteiger partial charge in [-0.1, -0.05) is 48.0 Å². The fourth-order valence-electron chi connectivity index (χ4n) is 5.01. The predicted molar refractivity (Wildman–Crippen MR) is 160 cm³/mol. The first-order chi connectivity index (χ1) is 19.8. The van der Waals surface area contributed by atoms with Crippen LogP contribution in [0.4, 0.5) is 10.7 Å². The molecule has 0 radical (unpaired) electrons. The maximum atomic E-state index is 13.8. The topological polar surface area (TPSA) is 128 Å². The highest BCUT2D eigenvalue weighted by Gasteiger charge is 2.31. The molecule has 11 nitrogen and oxygen atoms in total. The molecule has 1 fully saturated rings. The number of imidazole rings is 1. The van der Waals surface area contributed by atoms with Crippen LogP contribution in [0.25, 0.3) is 11.2 Å². The zero-order valence-electron chi connectivity index (χ0n) is 23.9. The summed E-state index contributed by atoms with van der Waals surface area (Å²) in [6, 6.07) is 14.9. The molecule has 0 unspecified atom stereocenters. The van der Waals surface area contributed by atoms with Crippen LogP contribution < -0.4 is 15.8 Å². The number of rotatable bonds is 6. The molecule has 13 heteroatoms. The zero-order chi connectivity index (χ0) is 30.2. The number of anilines is 1. The van der Waals surface area contributed by atoms with Crippen LogP contribution in [0.5, 0.6) is 0 Å². The number of aromatic nitrogens is 4. The quantitative estimate of drug-likeness (QED) is 0.322. The van der Waals surface area contributed by atoms with Gasteiger partial charge in [-0.3, -0.25) is 13.9 Å². The number of hydrogen-bond donors (Lipinski definition) is 1. The molecule has 0 spiro atoms. The molecule has 3 heterocycles.